The number of piperidine rings is 1. The molecule has 0 spiro atoms. The van der Waals surface area contributed by atoms with Crippen molar-refractivity contribution in [2.24, 2.45) is 5.92 Å². The minimum Gasteiger partial charge on any atom is -0.370 e. The zero-order valence-corrected chi connectivity index (χ0v) is 16.5. The number of thiophene rings is 1. The number of likely N-dealkylation sites (tertiary alicyclic amines) is 1. The largest absolute Gasteiger partial charge is 0.370 e. The summed E-state index contributed by atoms with van der Waals surface area (Å²) in [5.41, 5.74) is 2.16. The van der Waals surface area contributed by atoms with Crippen LogP contribution in [0.25, 0.3) is 15.9 Å². The maximum absolute atomic E-state index is 5.98. The lowest BCUT2D eigenvalue weighted by Crippen LogP contribution is -2.34. The van der Waals surface area contributed by atoms with Gasteiger partial charge in [0.2, 0.25) is 0 Å². The Hall–Kier alpha value is -1.57. The first-order chi connectivity index (χ1) is 12.5. The number of hydrogen-bond donors (Lipinski definition) is 0. The SMILES string of the molecule is C[C@@H]1CCCN(Cc2nc3c4c5c(sc4ncn3n2)COC(C)(C)C5)C1. The summed E-state index contributed by atoms with van der Waals surface area (Å²) in [5.74, 6) is 1.67. The fraction of sp³-hybridized carbons (Fsp3) is 0.632. The third kappa shape index (κ3) is 2.82. The van der Waals surface area contributed by atoms with Gasteiger partial charge in [-0.15, -0.1) is 16.4 Å². The Kier molecular flexibility index (Phi) is 3.81. The maximum atomic E-state index is 5.98. The van der Waals surface area contributed by atoms with Crippen molar-refractivity contribution in [3.05, 3.63) is 22.6 Å². The van der Waals surface area contributed by atoms with Crippen molar-refractivity contribution in [2.45, 2.75) is 58.8 Å². The summed E-state index contributed by atoms with van der Waals surface area (Å²) < 4.78 is 7.84. The summed E-state index contributed by atoms with van der Waals surface area (Å²) in [6.45, 7) is 10.4. The summed E-state index contributed by atoms with van der Waals surface area (Å²) in [4.78, 5) is 14.4. The van der Waals surface area contributed by atoms with Crippen LogP contribution in [0.5, 0.6) is 0 Å². The Balaban J connectivity index is 1.55. The van der Waals surface area contributed by atoms with Crippen LogP contribution in [0.4, 0.5) is 0 Å². The topological polar surface area (TPSA) is 55.6 Å². The van der Waals surface area contributed by atoms with Crippen LogP contribution in [0.15, 0.2) is 6.33 Å². The average molecular weight is 372 g/mol. The van der Waals surface area contributed by atoms with E-state index >= 15 is 0 Å². The quantitative estimate of drug-likeness (QED) is 0.691. The van der Waals surface area contributed by atoms with E-state index in [1.54, 1.807) is 17.7 Å². The second kappa shape index (κ2) is 5.97. The van der Waals surface area contributed by atoms with Crippen LogP contribution < -0.4 is 0 Å². The zero-order valence-electron chi connectivity index (χ0n) is 15.7. The van der Waals surface area contributed by atoms with Crippen molar-refractivity contribution in [1.29, 1.82) is 0 Å². The molecule has 0 unspecified atom stereocenters. The van der Waals surface area contributed by atoms with Gasteiger partial charge >= 0.3 is 0 Å². The molecule has 0 bridgehead atoms. The van der Waals surface area contributed by atoms with Gasteiger partial charge in [0.05, 0.1) is 24.1 Å². The van der Waals surface area contributed by atoms with Crippen LogP contribution in [0.3, 0.4) is 0 Å². The second-order valence-electron chi connectivity index (χ2n) is 8.43. The van der Waals surface area contributed by atoms with Crippen LogP contribution in [0.2, 0.25) is 0 Å². The first-order valence-corrected chi connectivity index (χ1v) is 10.3. The van der Waals surface area contributed by atoms with Crippen LogP contribution >= 0.6 is 11.3 Å². The summed E-state index contributed by atoms with van der Waals surface area (Å²) in [7, 11) is 0. The molecule has 5 heterocycles. The molecular formula is C19H25N5OS. The Labute approximate surface area is 157 Å². The van der Waals surface area contributed by atoms with E-state index in [0.717, 1.165) is 48.3 Å². The lowest BCUT2D eigenvalue weighted by molar-refractivity contribution is -0.0379. The van der Waals surface area contributed by atoms with Gasteiger partial charge in [0.25, 0.3) is 0 Å². The highest BCUT2D eigenvalue weighted by molar-refractivity contribution is 7.19. The molecule has 1 fully saturated rings. The highest BCUT2D eigenvalue weighted by Crippen LogP contribution is 2.39. The van der Waals surface area contributed by atoms with Gasteiger partial charge in [-0.05, 0) is 44.7 Å². The Bertz CT molecular complexity index is 975. The van der Waals surface area contributed by atoms with Gasteiger partial charge in [-0.1, -0.05) is 6.92 Å². The number of rotatable bonds is 2. The molecule has 1 saturated heterocycles. The molecule has 0 aliphatic carbocycles. The van der Waals surface area contributed by atoms with E-state index in [4.69, 9.17) is 14.8 Å². The summed E-state index contributed by atoms with van der Waals surface area (Å²) in [6, 6.07) is 0. The monoisotopic (exact) mass is 371 g/mol. The Morgan fingerprint density at radius 2 is 2.27 bits per heavy atom. The van der Waals surface area contributed by atoms with E-state index in [1.165, 1.54) is 28.7 Å². The molecule has 0 saturated carbocycles. The summed E-state index contributed by atoms with van der Waals surface area (Å²) in [6.07, 6.45) is 5.31. The van der Waals surface area contributed by atoms with Gasteiger partial charge in [0.1, 0.15) is 11.2 Å². The number of hydrogen-bond acceptors (Lipinski definition) is 6. The predicted octanol–water partition coefficient (Wildman–Crippen LogP) is 3.42. The minimum atomic E-state index is -0.138. The van der Waals surface area contributed by atoms with Crippen molar-refractivity contribution in [1.82, 2.24) is 24.5 Å². The smallest absolute Gasteiger partial charge is 0.168 e. The molecule has 6 nitrogen and oxygen atoms in total. The highest BCUT2D eigenvalue weighted by Gasteiger charge is 2.31. The van der Waals surface area contributed by atoms with Crippen LogP contribution in [0, 0.1) is 5.92 Å². The van der Waals surface area contributed by atoms with Crippen molar-refractivity contribution in [2.75, 3.05) is 13.1 Å². The highest BCUT2D eigenvalue weighted by atomic mass is 32.1. The normalized spacial score (nSPS) is 23.6. The summed E-state index contributed by atoms with van der Waals surface area (Å²) in [5, 5.41) is 5.90. The maximum Gasteiger partial charge on any atom is 0.168 e. The fourth-order valence-corrected chi connectivity index (χ4v) is 5.35. The van der Waals surface area contributed by atoms with Gasteiger partial charge in [-0.2, -0.15) is 0 Å². The van der Waals surface area contributed by atoms with E-state index in [1.807, 2.05) is 4.52 Å². The molecular weight excluding hydrogens is 346 g/mol. The van der Waals surface area contributed by atoms with Crippen molar-refractivity contribution in [3.8, 4) is 0 Å². The van der Waals surface area contributed by atoms with Gasteiger partial charge in [0.15, 0.2) is 11.5 Å². The summed E-state index contributed by atoms with van der Waals surface area (Å²) >= 11 is 1.73. The van der Waals surface area contributed by atoms with Crippen LogP contribution in [-0.4, -0.2) is 43.2 Å². The molecule has 26 heavy (non-hydrogen) atoms. The molecule has 2 aliphatic heterocycles. The third-order valence-electron chi connectivity index (χ3n) is 5.56. The molecule has 1 atom stereocenters. The molecule has 3 aromatic rings. The lowest BCUT2D eigenvalue weighted by Gasteiger charge is -2.30. The predicted molar refractivity (Wildman–Crippen MR) is 102 cm³/mol. The first kappa shape index (κ1) is 16.6. The molecule has 5 rings (SSSR count). The molecule has 0 amide bonds. The Morgan fingerprint density at radius 3 is 3.12 bits per heavy atom. The molecule has 138 valence electrons. The van der Waals surface area contributed by atoms with Gasteiger partial charge in [-0.3, -0.25) is 4.90 Å². The van der Waals surface area contributed by atoms with Gasteiger partial charge in [-0.25, -0.2) is 14.5 Å². The standard InChI is InChI=1S/C19H25N5OS/c1-12-5-4-6-23(8-12)9-15-21-17-16-13-7-19(2,3)25-10-14(13)26-18(16)20-11-24(17)22-15/h11-12H,4-10H2,1-3H3/t12-/m1/s1. The lowest BCUT2D eigenvalue weighted by atomic mass is 9.94. The van der Waals surface area contributed by atoms with Gasteiger partial charge in [0, 0.05) is 17.8 Å². The van der Waals surface area contributed by atoms with Crippen LogP contribution in [-0.2, 0) is 24.3 Å². The average Bonchev–Trinajstić information content (AvgIpc) is 3.13. The number of nitrogens with zero attached hydrogens (tertiary/aromatic N) is 5. The Morgan fingerprint density at radius 1 is 1.38 bits per heavy atom. The van der Waals surface area contributed by atoms with Crippen molar-refractivity contribution in [3.63, 3.8) is 0 Å². The van der Waals surface area contributed by atoms with E-state index < -0.39 is 0 Å². The number of fused-ring (bicyclic) bond motifs is 5. The zero-order chi connectivity index (χ0) is 17.9. The van der Waals surface area contributed by atoms with E-state index in [-0.39, 0.29) is 5.60 Å². The molecule has 0 aromatic carbocycles. The minimum absolute atomic E-state index is 0.138. The van der Waals surface area contributed by atoms with E-state index in [0.29, 0.717) is 6.61 Å². The van der Waals surface area contributed by atoms with E-state index in [2.05, 4.69) is 30.7 Å². The molecule has 3 aromatic heterocycles. The second-order valence-corrected chi connectivity index (χ2v) is 9.52. The number of ether oxygens (including phenoxy) is 1. The van der Waals surface area contributed by atoms with E-state index in [9.17, 15) is 0 Å². The fourth-order valence-electron chi connectivity index (χ4n) is 4.28. The molecule has 0 N–H and O–H groups in total. The molecule has 2 aliphatic rings. The molecule has 0 radical (unpaired) electrons. The molecule has 7 heteroatoms. The first-order valence-electron chi connectivity index (χ1n) is 9.49. The van der Waals surface area contributed by atoms with Crippen LogP contribution in [0.1, 0.15) is 49.9 Å². The third-order valence-corrected chi connectivity index (χ3v) is 6.67. The number of aromatic nitrogens is 4. The van der Waals surface area contributed by atoms with Gasteiger partial charge < -0.3 is 4.74 Å². The van der Waals surface area contributed by atoms with Crippen molar-refractivity contribution < 1.29 is 4.74 Å². The van der Waals surface area contributed by atoms with Crippen molar-refractivity contribution >= 4 is 27.2 Å².